The maximum Gasteiger partial charge on any atom is 0.326 e. The average Bonchev–Trinajstić information content (AvgIpc) is 2.31. The first-order chi connectivity index (χ1) is 9.09. The minimum Gasteiger partial charge on any atom is -0.480 e. The van der Waals surface area contributed by atoms with Crippen molar-refractivity contribution in [3.8, 4) is 0 Å². The molecule has 0 heterocycles. The second kappa shape index (κ2) is 7.72. The van der Waals surface area contributed by atoms with Gasteiger partial charge in [0, 0.05) is 13.6 Å². The molecule has 0 aromatic rings. The predicted octanol–water partition coefficient (Wildman–Crippen LogP) is 1.08. The first-order valence-corrected chi connectivity index (χ1v) is 6.49. The summed E-state index contributed by atoms with van der Waals surface area (Å²) >= 11 is 0. The molecule has 0 radical (unpaired) electrons. The molecule has 7 heteroatoms. The summed E-state index contributed by atoms with van der Waals surface area (Å²) in [6.45, 7) is 7.34. The van der Waals surface area contributed by atoms with Crippen molar-refractivity contribution in [3.05, 3.63) is 0 Å². The maximum atomic E-state index is 11.9. The van der Waals surface area contributed by atoms with Crippen LogP contribution in [0.5, 0.6) is 0 Å². The molecule has 0 saturated heterocycles. The maximum absolute atomic E-state index is 11.9. The van der Waals surface area contributed by atoms with E-state index in [-0.39, 0.29) is 13.0 Å². The van der Waals surface area contributed by atoms with Crippen molar-refractivity contribution in [2.24, 2.45) is 5.41 Å². The van der Waals surface area contributed by atoms with Crippen LogP contribution in [0.3, 0.4) is 0 Å². The third-order valence-electron chi connectivity index (χ3n) is 2.68. The third kappa shape index (κ3) is 6.40. The summed E-state index contributed by atoms with van der Waals surface area (Å²) in [5.41, 5.74) is -0.608. The Morgan fingerprint density at radius 1 is 1.30 bits per heavy atom. The number of ether oxygens (including phenoxy) is 1. The van der Waals surface area contributed by atoms with Crippen molar-refractivity contribution in [3.63, 3.8) is 0 Å². The van der Waals surface area contributed by atoms with Gasteiger partial charge in [0.1, 0.15) is 6.04 Å². The standard InChI is InChI=1S/C13H24N2O5/c1-6-20-9(16)7-8-15(5)12(19)14-10(11(17)18)13(2,3)4/h10H,6-8H2,1-5H3,(H,14,19)(H,17,18). The molecule has 1 atom stereocenters. The molecule has 0 aliphatic rings. The second-order valence-electron chi connectivity index (χ2n) is 5.56. The number of hydrogen-bond acceptors (Lipinski definition) is 4. The SMILES string of the molecule is CCOC(=O)CCN(C)C(=O)NC(C(=O)O)C(C)(C)C. The fourth-order valence-electron chi connectivity index (χ4n) is 1.48. The molecule has 2 N–H and O–H groups in total. The Morgan fingerprint density at radius 2 is 1.85 bits per heavy atom. The van der Waals surface area contributed by atoms with Crippen LogP contribution in [0, 0.1) is 5.41 Å². The van der Waals surface area contributed by atoms with E-state index < -0.39 is 29.4 Å². The Labute approximate surface area is 119 Å². The summed E-state index contributed by atoms with van der Waals surface area (Å²) < 4.78 is 4.75. The number of carboxylic acids is 1. The summed E-state index contributed by atoms with van der Waals surface area (Å²) in [6, 6.07) is -1.53. The van der Waals surface area contributed by atoms with E-state index in [0.717, 1.165) is 0 Å². The summed E-state index contributed by atoms with van der Waals surface area (Å²) in [5.74, 6) is -1.48. The molecule has 0 spiro atoms. The smallest absolute Gasteiger partial charge is 0.326 e. The number of nitrogens with one attached hydrogen (secondary N) is 1. The van der Waals surface area contributed by atoms with E-state index in [9.17, 15) is 14.4 Å². The number of amides is 2. The minimum atomic E-state index is -1.09. The van der Waals surface area contributed by atoms with Gasteiger partial charge in [-0.25, -0.2) is 9.59 Å². The van der Waals surface area contributed by atoms with Gasteiger partial charge in [-0.15, -0.1) is 0 Å². The highest BCUT2D eigenvalue weighted by Crippen LogP contribution is 2.19. The van der Waals surface area contributed by atoms with E-state index in [1.807, 2.05) is 0 Å². The molecule has 0 bridgehead atoms. The fourth-order valence-corrected chi connectivity index (χ4v) is 1.48. The number of carbonyl (C=O) groups is 3. The van der Waals surface area contributed by atoms with E-state index in [2.05, 4.69) is 5.32 Å². The summed E-state index contributed by atoms with van der Waals surface area (Å²) in [5, 5.41) is 11.6. The number of esters is 1. The highest BCUT2D eigenvalue weighted by molar-refractivity contribution is 5.83. The van der Waals surface area contributed by atoms with Gasteiger partial charge in [-0.05, 0) is 12.3 Å². The fraction of sp³-hybridized carbons (Fsp3) is 0.769. The van der Waals surface area contributed by atoms with Crippen LogP contribution < -0.4 is 5.32 Å². The van der Waals surface area contributed by atoms with Gasteiger partial charge < -0.3 is 20.1 Å². The number of rotatable bonds is 6. The van der Waals surface area contributed by atoms with Crippen molar-refractivity contribution in [2.75, 3.05) is 20.2 Å². The first kappa shape index (κ1) is 18.2. The van der Waals surface area contributed by atoms with Gasteiger partial charge in [0.15, 0.2) is 0 Å². The summed E-state index contributed by atoms with van der Waals surface area (Å²) in [7, 11) is 1.50. The lowest BCUT2D eigenvalue weighted by atomic mass is 9.87. The van der Waals surface area contributed by atoms with Crippen LogP contribution in [-0.4, -0.2) is 54.2 Å². The lowest BCUT2D eigenvalue weighted by Gasteiger charge is -2.29. The Kier molecular flexibility index (Phi) is 7.02. The van der Waals surface area contributed by atoms with Gasteiger partial charge in [-0.2, -0.15) is 0 Å². The lowest BCUT2D eigenvalue weighted by Crippen LogP contribution is -2.52. The molecule has 0 rings (SSSR count). The molecule has 0 aromatic heterocycles. The zero-order chi connectivity index (χ0) is 15.9. The Morgan fingerprint density at radius 3 is 2.25 bits per heavy atom. The van der Waals surface area contributed by atoms with Crippen molar-refractivity contribution in [2.45, 2.75) is 40.2 Å². The lowest BCUT2D eigenvalue weighted by molar-refractivity contribution is -0.144. The highest BCUT2D eigenvalue weighted by Gasteiger charge is 2.33. The molecule has 20 heavy (non-hydrogen) atoms. The van der Waals surface area contributed by atoms with Gasteiger partial charge in [0.2, 0.25) is 0 Å². The largest absolute Gasteiger partial charge is 0.480 e. The number of carbonyl (C=O) groups excluding carboxylic acids is 2. The van der Waals surface area contributed by atoms with Crippen LogP contribution in [0.25, 0.3) is 0 Å². The third-order valence-corrected chi connectivity index (χ3v) is 2.68. The molecule has 7 nitrogen and oxygen atoms in total. The molecule has 0 aliphatic carbocycles. The monoisotopic (exact) mass is 288 g/mol. The molecule has 116 valence electrons. The van der Waals surface area contributed by atoms with E-state index >= 15 is 0 Å². The van der Waals surface area contributed by atoms with Crippen LogP contribution in [0.4, 0.5) is 4.79 Å². The van der Waals surface area contributed by atoms with Gasteiger partial charge in [-0.3, -0.25) is 4.79 Å². The minimum absolute atomic E-state index is 0.0744. The Balaban J connectivity index is 4.44. The van der Waals surface area contributed by atoms with E-state index in [4.69, 9.17) is 9.84 Å². The molecular weight excluding hydrogens is 264 g/mol. The average molecular weight is 288 g/mol. The number of hydrogen-bond donors (Lipinski definition) is 2. The van der Waals surface area contributed by atoms with Gasteiger partial charge in [-0.1, -0.05) is 20.8 Å². The Hall–Kier alpha value is -1.79. The summed E-state index contributed by atoms with van der Waals surface area (Å²) in [6.07, 6.45) is 0.0744. The van der Waals surface area contributed by atoms with Crippen LogP contribution in [0.15, 0.2) is 0 Å². The van der Waals surface area contributed by atoms with E-state index in [0.29, 0.717) is 6.61 Å². The predicted molar refractivity (Wildman–Crippen MR) is 73.3 cm³/mol. The van der Waals surface area contributed by atoms with Gasteiger partial charge in [0.05, 0.1) is 13.0 Å². The van der Waals surface area contributed by atoms with Crippen molar-refractivity contribution < 1.29 is 24.2 Å². The molecule has 0 saturated carbocycles. The Bertz CT molecular complexity index is 362. The van der Waals surface area contributed by atoms with Crippen LogP contribution >= 0.6 is 0 Å². The van der Waals surface area contributed by atoms with Crippen LogP contribution in [-0.2, 0) is 14.3 Å². The van der Waals surface area contributed by atoms with Gasteiger partial charge >= 0.3 is 18.0 Å². The quantitative estimate of drug-likeness (QED) is 0.713. The molecule has 2 amide bonds. The highest BCUT2D eigenvalue weighted by atomic mass is 16.5. The van der Waals surface area contributed by atoms with Crippen molar-refractivity contribution >= 4 is 18.0 Å². The molecule has 0 aliphatic heterocycles. The zero-order valence-corrected chi connectivity index (χ0v) is 12.7. The molecule has 0 fully saturated rings. The van der Waals surface area contributed by atoms with Gasteiger partial charge in [0.25, 0.3) is 0 Å². The normalized spacial score (nSPS) is 12.4. The van der Waals surface area contributed by atoms with E-state index in [1.54, 1.807) is 27.7 Å². The topological polar surface area (TPSA) is 95.9 Å². The molecule has 0 aromatic carbocycles. The van der Waals surface area contributed by atoms with Crippen molar-refractivity contribution in [1.82, 2.24) is 10.2 Å². The van der Waals surface area contributed by atoms with Crippen molar-refractivity contribution in [1.29, 1.82) is 0 Å². The first-order valence-electron chi connectivity index (χ1n) is 6.49. The number of urea groups is 1. The molecule has 1 unspecified atom stereocenters. The number of nitrogens with zero attached hydrogens (tertiary/aromatic N) is 1. The summed E-state index contributed by atoms with van der Waals surface area (Å²) in [4.78, 5) is 35.5. The second-order valence-corrected chi connectivity index (χ2v) is 5.56. The van der Waals surface area contributed by atoms with Crippen LogP contribution in [0.2, 0.25) is 0 Å². The zero-order valence-electron chi connectivity index (χ0n) is 12.7. The van der Waals surface area contributed by atoms with Crippen LogP contribution in [0.1, 0.15) is 34.1 Å². The number of carboxylic acid groups (broad SMARTS) is 1. The molecular formula is C13H24N2O5. The van der Waals surface area contributed by atoms with E-state index in [1.165, 1.54) is 11.9 Å². The number of aliphatic carboxylic acids is 1.